The highest BCUT2D eigenvalue weighted by atomic mass is 35.5. The molecule has 2 aromatic rings. The molecule has 1 N–H and O–H groups in total. The topological polar surface area (TPSA) is 54.9 Å². The Bertz CT molecular complexity index is 592. The number of nitrogens with zero attached hydrogens (tertiary/aromatic N) is 2. The third-order valence-electron chi connectivity index (χ3n) is 2.58. The molecule has 0 saturated heterocycles. The van der Waals surface area contributed by atoms with Crippen LogP contribution in [0.5, 0.6) is 0 Å². The van der Waals surface area contributed by atoms with E-state index in [1.165, 1.54) is 0 Å². The molecule has 2 rings (SSSR count). The van der Waals surface area contributed by atoms with Gasteiger partial charge in [0.2, 0.25) is 0 Å². The van der Waals surface area contributed by atoms with Crippen LogP contribution in [0, 0.1) is 5.82 Å². The molecule has 0 aliphatic rings. The number of nitrogens with one attached hydrogen (secondary N) is 1. The minimum atomic E-state index is -0.608. The monoisotopic (exact) mass is 279 g/mol. The molecule has 0 spiro atoms. The molecule has 0 radical (unpaired) electrons. The second-order valence-electron chi connectivity index (χ2n) is 3.97. The lowest BCUT2D eigenvalue weighted by molar-refractivity contribution is 0.0939. The van der Waals surface area contributed by atoms with Gasteiger partial charge in [0, 0.05) is 12.4 Å². The molecular formula is C13H11ClFN3O. The van der Waals surface area contributed by atoms with E-state index in [2.05, 4.69) is 15.3 Å². The van der Waals surface area contributed by atoms with E-state index < -0.39 is 11.7 Å². The summed E-state index contributed by atoms with van der Waals surface area (Å²) in [6, 6.07) is 4.40. The maximum Gasteiger partial charge on any atom is 0.254 e. The van der Waals surface area contributed by atoms with Crippen LogP contribution in [0.4, 0.5) is 4.39 Å². The zero-order chi connectivity index (χ0) is 13.8. The van der Waals surface area contributed by atoms with Crippen LogP contribution in [0.1, 0.15) is 28.9 Å². The van der Waals surface area contributed by atoms with Gasteiger partial charge in [-0.15, -0.1) is 0 Å². The van der Waals surface area contributed by atoms with Gasteiger partial charge < -0.3 is 5.32 Å². The molecule has 98 valence electrons. The first kappa shape index (κ1) is 13.4. The normalized spacial score (nSPS) is 11.9. The molecule has 0 bridgehead atoms. The summed E-state index contributed by atoms with van der Waals surface area (Å²) < 4.78 is 13.1. The van der Waals surface area contributed by atoms with Crippen LogP contribution in [0.25, 0.3) is 0 Å². The summed E-state index contributed by atoms with van der Waals surface area (Å²) in [6.45, 7) is 1.80. The fraction of sp³-hybridized carbons (Fsp3) is 0.154. The molecule has 4 nitrogen and oxygen atoms in total. The van der Waals surface area contributed by atoms with Crippen molar-refractivity contribution in [1.82, 2.24) is 15.3 Å². The summed E-state index contributed by atoms with van der Waals surface area (Å²) in [5.41, 5.74) is 0.855. The van der Waals surface area contributed by atoms with Crippen molar-refractivity contribution in [2.24, 2.45) is 0 Å². The van der Waals surface area contributed by atoms with Crippen LogP contribution < -0.4 is 5.32 Å². The molecule has 0 aromatic carbocycles. The van der Waals surface area contributed by atoms with Gasteiger partial charge in [-0.2, -0.15) is 0 Å². The Morgan fingerprint density at radius 1 is 1.47 bits per heavy atom. The lowest BCUT2D eigenvalue weighted by atomic mass is 10.1. The summed E-state index contributed by atoms with van der Waals surface area (Å²) in [7, 11) is 0. The van der Waals surface area contributed by atoms with Crippen LogP contribution in [0.15, 0.2) is 36.8 Å². The summed E-state index contributed by atoms with van der Waals surface area (Å²) in [5, 5.41) is 2.68. The van der Waals surface area contributed by atoms with E-state index in [1.807, 2.05) is 6.07 Å². The van der Waals surface area contributed by atoms with Crippen molar-refractivity contribution in [2.75, 3.05) is 0 Å². The molecule has 19 heavy (non-hydrogen) atoms. The minimum absolute atomic E-state index is 0.0115. The van der Waals surface area contributed by atoms with E-state index in [0.29, 0.717) is 0 Å². The number of carbonyl (C=O) groups is 1. The molecule has 1 atom stereocenters. The van der Waals surface area contributed by atoms with Crippen molar-refractivity contribution in [3.8, 4) is 0 Å². The van der Waals surface area contributed by atoms with Crippen molar-refractivity contribution in [1.29, 1.82) is 0 Å². The molecule has 0 fully saturated rings. The van der Waals surface area contributed by atoms with Gasteiger partial charge in [0.25, 0.3) is 5.91 Å². The fourth-order valence-corrected chi connectivity index (χ4v) is 1.76. The van der Waals surface area contributed by atoms with Gasteiger partial charge in [0.05, 0.1) is 17.8 Å². The van der Waals surface area contributed by atoms with Crippen molar-refractivity contribution in [3.63, 3.8) is 0 Å². The summed E-state index contributed by atoms with van der Waals surface area (Å²) in [5.74, 6) is -1.09. The number of carbonyl (C=O) groups excluding carboxylic acids is 1. The van der Waals surface area contributed by atoms with Gasteiger partial charge in [-0.1, -0.05) is 17.7 Å². The Hall–Kier alpha value is -2.01. The molecule has 6 heteroatoms. The highest BCUT2D eigenvalue weighted by Gasteiger charge is 2.15. The molecular weight excluding hydrogens is 269 g/mol. The quantitative estimate of drug-likeness (QED) is 0.879. The highest BCUT2D eigenvalue weighted by Crippen LogP contribution is 2.16. The zero-order valence-corrected chi connectivity index (χ0v) is 10.9. The van der Waals surface area contributed by atoms with Crippen LogP contribution in [-0.4, -0.2) is 15.9 Å². The number of hydrogen-bond acceptors (Lipinski definition) is 3. The van der Waals surface area contributed by atoms with Crippen LogP contribution in [0.2, 0.25) is 5.15 Å². The number of amides is 1. The van der Waals surface area contributed by atoms with E-state index in [-0.39, 0.29) is 16.8 Å². The SMILES string of the molecule is CC(NC(=O)c1cc(F)cnc1Cl)c1cccnc1. The molecule has 1 amide bonds. The highest BCUT2D eigenvalue weighted by molar-refractivity contribution is 6.32. The van der Waals surface area contributed by atoms with Gasteiger partial charge in [-0.3, -0.25) is 9.78 Å². The average Bonchev–Trinajstić information content (AvgIpc) is 2.42. The maximum absolute atomic E-state index is 13.1. The van der Waals surface area contributed by atoms with Crippen LogP contribution >= 0.6 is 11.6 Å². The lowest BCUT2D eigenvalue weighted by Crippen LogP contribution is -2.27. The van der Waals surface area contributed by atoms with Crippen molar-refractivity contribution >= 4 is 17.5 Å². The first-order valence-electron chi connectivity index (χ1n) is 5.60. The second kappa shape index (κ2) is 5.75. The average molecular weight is 280 g/mol. The Morgan fingerprint density at radius 3 is 2.95 bits per heavy atom. The molecule has 2 heterocycles. The number of rotatable bonds is 3. The first-order valence-corrected chi connectivity index (χ1v) is 5.97. The number of halogens is 2. The van der Waals surface area contributed by atoms with E-state index in [1.54, 1.807) is 25.4 Å². The van der Waals surface area contributed by atoms with Gasteiger partial charge >= 0.3 is 0 Å². The van der Waals surface area contributed by atoms with Crippen LogP contribution in [-0.2, 0) is 0 Å². The van der Waals surface area contributed by atoms with E-state index in [0.717, 1.165) is 17.8 Å². The molecule has 2 aromatic heterocycles. The third kappa shape index (κ3) is 3.26. The second-order valence-corrected chi connectivity index (χ2v) is 4.33. The summed E-state index contributed by atoms with van der Waals surface area (Å²) >= 11 is 5.77. The summed E-state index contributed by atoms with van der Waals surface area (Å²) in [4.78, 5) is 19.5. The molecule has 0 aliphatic heterocycles. The fourth-order valence-electron chi connectivity index (χ4n) is 1.57. The maximum atomic E-state index is 13.1. The third-order valence-corrected chi connectivity index (χ3v) is 2.88. The Kier molecular flexibility index (Phi) is 4.06. The number of hydrogen-bond donors (Lipinski definition) is 1. The van der Waals surface area contributed by atoms with Crippen molar-refractivity contribution in [3.05, 3.63) is 58.9 Å². The molecule has 0 aliphatic carbocycles. The van der Waals surface area contributed by atoms with E-state index in [9.17, 15) is 9.18 Å². The van der Waals surface area contributed by atoms with Crippen molar-refractivity contribution in [2.45, 2.75) is 13.0 Å². The Morgan fingerprint density at radius 2 is 2.26 bits per heavy atom. The molecule has 0 saturated carbocycles. The predicted octanol–water partition coefficient (Wildman–Crippen LogP) is 2.76. The minimum Gasteiger partial charge on any atom is -0.345 e. The van der Waals surface area contributed by atoms with Gasteiger partial charge in [-0.25, -0.2) is 9.37 Å². The first-order chi connectivity index (χ1) is 9.08. The Labute approximate surface area is 114 Å². The number of aromatic nitrogens is 2. The Balaban J connectivity index is 2.15. The predicted molar refractivity (Wildman–Crippen MR) is 69.3 cm³/mol. The zero-order valence-electron chi connectivity index (χ0n) is 10.1. The largest absolute Gasteiger partial charge is 0.345 e. The summed E-state index contributed by atoms with van der Waals surface area (Å²) in [6.07, 6.45) is 4.26. The number of pyridine rings is 2. The van der Waals surface area contributed by atoms with Gasteiger partial charge in [0.1, 0.15) is 11.0 Å². The van der Waals surface area contributed by atoms with E-state index >= 15 is 0 Å². The lowest BCUT2D eigenvalue weighted by Gasteiger charge is -2.14. The van der Waals surface area contributed by atoms with Gasteiger partial charge in [0.15, 0.2) is 0 Å². The molecule has 1 unspecified atom stereocenters. The van der Waals surface area contributed by atoms with E-state index in [4.69, 9.17) is 11.6 Å². The van der Waals surface area contributed by atoms with Crippen molar-refractivity contribution < 1.29 is 9.18 Å². The standard InChI is InChI=1S/C13H11ClFN3O/c1-8(9-3-2-4-16-6-9)18-13(19)11-5-10(15)7-17-12(11)14/h2-8H,1H3,(H,18,19). The van der Waals surface area contributed by atoms with Crippen LogP contribution in [0.3, 0.4) is 0 Å². The van der Waals surface area contributed by atoms with Gasteiger partial charge in [-0.05, 0) is 24.6 Å². The smallest absolute Gasteiger partial charge is 0.254 e.